The summed E-state index contributed by atoms with van der Waals surface area (Å²) < 4.78 is 5.72. The molecular formula is C10H17IN2O2. The monoisotopic (exact) mass is 324 g/mol. The van der Waals surface area contributed by atoms with Gasteiger partial charge in [-0.1, -0.05) is 0 Å². The molecule has 0 aromatic carbocycles. The number of ether oxygens (including phenoxy) is 1. The summed E-state index contributed by atoms with van der Waals surface area (Å²) in [7, 11) is 3.68. The molecule has 2 fully saturated rings. The molecule has 1 heterocycles. The number of hydrogen-bond donors (Lipinski definition) is 0. The van der Waals surface area contributed by atoms with Gasteiger partial charge in [-0.3, -0.25) is 9.69 Å². The van der Waals surface area contributed by atoms with E-state index < -0.39 is 0 Å². The van der Waals surface area contributed by atoms with Crippen LogP contribution in [-0.4, -0.2) is 59.1 Å². The lowest BCUT2D eigenvalue weighted by Crippen LogP contribution is -2.54. The highest BCUT2D eigenvalue weighted by Crippen LogP contribution is 2.44. The molecule has 0 aromatic rings. The zero-order valence-electron chi connectivity index (χ0n) is 9.20. The van der Waals surface area contributed by atoms with E-state index >= 15 is 0 Å². The van der Waals surface area contributed by atoms with Crippen molar-refractivity contribution in [3.63, 3.8) is 0 Å². The van der Waals surface area contributed by atoms with Gasteiger partial charge in [-0.15, -0.1) is 0 Å². The third-order valence-corrected chi connectivity index (χ3v) is 3.91. The van der Waals surface area contributed by atoms with Crippen LogP contribution in [0.3, 0.4) is 0 Å². The number of likely N-dealkylation sites (N-methyl/N-ethyl adjacent to an activating group) is 1. The van der Waals surface area contributed by atoms with Gasteiger partial charge in [0, 0.05) is 27.2 Å². The lowest BCUT2D eigenvalue weighted by Gasteiger charge is -2.37. The van der Waals surface area contributed by atoms with Crippen LogP contribution in [-0.2, 0) is 9.53 Å². The molecule has 2 aliphatic rings. The minimum atomic E-state index is -0.184. The van der Waals surface area contributed by atoms with Crippen LogP contribution in [0.1, 0.15) is 12.8 Å². The van der Waals surface area contributed by atoms with Gasteiger partial charge in [-0.2, -0.15) is 0 Å². The SMILES string of the molecule is CN(C)C(=O)C1(N2CCOC(I)C2)CC1. The van der Waals surface area contributed by atoms with Crippen molar-refractivity contribution in [1.29, 1.82) is 0 Å². The van der Waals surface area contributed by atoms with E-state index in [4.69, 9.17) is 4.74 Å². The number of morpholine rings is 1. The second-order valence-corrected chi connectivity index (χ2v) is 5.85. The molecule has 0 spiro atoms. The summed E-state index contributed by atoms with van der Waals surface area (Å²) in [6.45, 7) is 2.51. The molecule has 0 N–H and O–H groups in total. The van der Waals surface area contributed by atoms with Crippen molar-refractivity contribution in [2.24, 2.45) is 0 Å². The van der Waals surface area contributed by atoms with Gasteiger partial charge in [-0.25, -0.2) is 0 Å². The predicted molar refractivity (Wildman–Crippen MR) is 66.0 cm³/mol. The zero-order valence-corrected chi connectivity index (χ0v) is 11.4. The zero-order chi connectivity index (χ0) is 11.1. The third kappa shape index (κ3) is 2.14. The summed E-state index contributed by atoms with van der Waals surface area (Å²) in [5, 5.41) is 0. The van der Waals surface area contributed by atoms with Crippen molar-refractivity contribution in [3.05, 3.63) is 0 Å². The minimum absolute atomic E-state index is 0.184. The fourth-order valence-electron chi connectivity index (χ4n) is 2.20. The summed E-state index contributed by atoms with van der Waals surface area (Å²) >= 11 is 2.29. The highest BCUT2D eigenvalue weighted by Gasteiger charge is 2.55. The number of halogens is 1. The van der Waals surface area contributed by atoms with Crippen LogP contribution >= 0.6 is 22.6 Å². The van der Waals surface area contributed by atoms with Gasteiger partial charge in [0.05, 0.1) is 6.61 Å². The Morgan fingerprint density at radius 3 is 2.67 bits per heavy atom. The second kappa shape index (κ2) is 4.18. The van der Waals surface area contributed by atoms with Gasteiger partial charge in [0.2, 0.25) is 5.91 Å². The molecule has 0 bridgehead atoms. The smallest absolute Gasteiger partial charge is 0.242 e. The first kappa shape index (κ1) is 11.6. The maximum atomic E-state index is 12.1. The molecule has 4 nitrogen and oxygen atoms in total. The molecule has 86 valence electrons. The quantitative estimate of drug-likeness (QED) is 0.554. The van der Waals surface area contributed by atoms with Gasteiger partial charge in [0.25, 0.3) is 0 Å². The van der Waals surface area contributed by atoms with E-state index in [9.17, 15) is 4.79 Å². The number of carbonyl (C=O) groups excluding carboxylic acids is 1. The summed E-state index contributed by atoms with van der Waals surface area (Å²) in [6, 6.07) is 0. The summed E-state index contributed by atoms with van der Waals surface area (Å²) in [5.41, 5.74) is -0.184. The van der Waals surface area contributed by atoms with Crippen molar-refractivity contribution >= 4 is 28.5 Å². The molecular weight excluding hydrogens is 307 g/mol. The van der Waals surface area contributed by atoms with Gasteiger partial charge in [-0.05, 0) is 35.4 Å². The fourth-order valence-corrected chi connectivity index (χ4v) is 2.93. The molecule has 1 amide bonds. The molecule has 1 saturated heterocycles. The largest absolute Gasteiger partial charge is 0.365 e. The number of carbonyl (C=O) groups is 1. The third-order valence-electron chi connectivity index (χ3n) is 3.16. The van der Waals surface area contributed by atoms with E-state index in [1.807, 2.05) is 14.1 Å². The first-order valence-corrected chi connectivity index (χ1v) is 6.53. The Morgan fingerprint density at radius 1 is 1.53 bits per heavy atom. The van der Waals surface area contributed by atoms with Gasteiger partial charge in [0.1, 0.15) is 9.65 Å². The predicted octanol–water partition coefficient (Wildman–Crippen LogP) is 0.700. The number of hydrogen-bond acceptors (Lipinski definition) is 3. The lowest BCUT2D eigenvalue weighted by atomic mass is 10.2. The van der Waals surface area contributed by atoms with Crippen molar-refractivity contribution in [2.45, 2.75) is 22.5 Å². The van der Waals surface area contributed by atoms with Gasteiger partial charge >= 0.3 is 0 Å². The molecule has 15 heavy (non-hydrogen) atoms. The summed E-state index contributed by atoms with van der Waals surface area (Å²) in [4.78, 5) is 16.1. The van der Waals surface area contributed by atoms with E-state index in [1.165, 1.54) is 0 Å². The van der Waals surface area contributed by atoms with Crippen LogP contribution in [0.25, 0.3) is 0 Å². The van der Waals surface area contributed by atoms with Crippen LogP contribution in [0, 0.1) is 0 Å². The molecule has 0 aromatic heterocycles. The minimum Gasteiger partial charge on any atom is -0.365 e. The van der Waals surface area contributed by atoms with Crippen LogP contribution < -0.4 is 0 Å². The number of rotatable bonds is 2. The highest BCUT2D eigenvalue weighted by molar-refractivity contribution is 14.1. The first-order chi connectivity index (χ1) is 7.06. The van der Waals surface area contributed by atoms with Crippen LogP contribution in [0.4, 0.5) is 0 Å². The number of amides is 1. The number of nitrogens with zero attached hydrogens (tertiary/aromatic N) is 2. The molecule has 1 atom stereocenters. The Labute approximate surface area is 104 Å². The Kier molecular flexibility index (Phi) is 3.23. The summed E-state index contributed by atoms with van der Waals surface area (Å²) in [5.74, 6) is 0.257. The van der Waals surface area contributed by atoms with Crippen molar-refractivity contribution < 1.29 is 9.53 Å². The van der Waals surface area contributed by atoms with Crippen molar-refractivity contribution in [2.75, 3.05) is 33.8 Å². The van der Waals surface area contributed by atoms with E-state index in [0.29, 0.717) is 0 Å². The Morgan fingerprint density at radius 2 is 2.20 bits per heavy atom. The molecule has 1 aliphatic carbocycles. The van der Waals surface area contributed by atoms with Crippen LogP contribution in [0.15, 0.2) is 0 Å². The fraction of sp³-hybridized carbons (Fsp3) is 0.900. The van der Waals surface area contributed by atoms with Crippen LogP contribution in [0.5, 0.6) is 0 Å². The van der Waals surface area contributed by atoms with Gasteiger partial charge in [0.15, 0.2) is 0 Å². The molecule has 5 heteroatoms. The average molecular weight is 324 g/mol. The van der Waals surface area contributed by atoms with E-state index in [2.05, 4.69) is 27.5 Å². The molecule has 2 rings (SSSR count). The van der Waals surface area contributed by atoms with Crippen molar-refractivity contribution in [1.82, 2.24) is 9.80 Å². The molecule has 1 unspecified atom stereocenters. The van der Waals surface area contributed by atoms with Crippen LogP contribution in [0.2, 0.25) is 0 Å². The van der Waals surface area contributed by atoms with Gasteiger partial charge < -0.3 is 9.64 Å². The van der Waals surface area contributed by atoms with E-state index in [-0.39, 0.29) is 15.6 Å². The lowest BCUT2D eigenvalue weighted by molar-refractivity contribution is -0.138. The maximum absolute atomic E-state index is 12.1. The molecule has 1 saturated carbocycles. The normalized spacial score (nSPS) is 29.9. The molecule has 1 aliphatic heterocycles. The van der Waals surface area contributed by atoms with E-state index in [0.717, 1.165) is 32.5 Å². The summed E-state index contributed by atoms with van der Waals surface area (Å²) in [6.07, 6.45) is 2.01. The Balaban J connectivity index is 2.05. The van der Waals surface area contributed by atoms with E-state index in [1.54, 1.807) is 4.90 Å². The Bertz CT molecular complexity index is 266. The maximum Gasteiger partial charge on any atom is 0.242 e. The van der Waals surface area contributed by atoms with Crippen molar-refractivity contribution in [3.8, 4) is 0 Å². The average Bonchev–Trinajstić information content (AvgIpc) is 2.97. The standard InChI is InChI=1S/C10H17IN2O2/c1-12(2)9(14)10(3-4-10)13-5-6-15-8(11)7-13/h8H,3-7H2,1-2H3. The topological polar surface area (TPSA) is 32.8 Å². The first-order valence-electron chi connectivity index (χ1n) is 5.29. The Hall–Kier alpha value is 0.120. The molecule has 0 radical (unpaired) electrons. The number of alkyl halides is 1. The second-order valence-electron chi connectivity index (χ2n) is 4.46. The highest BCUT2D eigenvalue weighted by atomic mass is 127.